The number of aryl methyl sites for hydroxylation is 1. The van der Waals surface area contributed by atoms with Gasteiger partial charge in [-0.05, 0) is 36.2 Å². The van der Waals surface area contributed by atoms with Crippen LogP contribution in [0.4, 0.5) is 11.4 Å². The molecule has 0 radical (unpaired) electrons. The van der Waals surface area contributed by atoms with Gasteiger partial charge in [-0.2, -0.15) is 0 Å². The van der Waals surface area contributed by atoms with Gasteiger partial charge in [0.15, 0.2) is 0 Å². The molecule has 0 bridgehead atoms. The number of nitrogens with one attached hydrogen (secondary N) is 1. The van der Waals surface area contributed by atoms with Gasteiger partial charge in [0, 0.05) is 36.1 Å². The number of nitrogens with zero attached hydrogens (tertiary/aromatic N) is 2. The van der Waals surface area contributed by atoms with E-state index in [-0.39, 0.29) is 17.9 Å². The average molecular weight is 458 g/mol. The summed E-state index contributed by atoms with van der Waals surface area (Å²) in [5, 5.41) is 2.98. The first-order valence-electron chi connectivity index (χ1n) is 9.75. The fourth-order valence-corrected chi connectivity index (χ4v) is 4.52. The number of rotatable bonds is 5. The number of carbonyl (C=O) groups is 2. The van der Waals surface area contributed by atoms with Crippen LogP contribution in [0.2, 0.25) is 0 Å². The lowest BCUT2D eigenvalue weighted by molar-refractivity contribution is -0.115. The highest BCUT2D eigenvalue weighted by Crippen LogP contribution is 2.42. The summed E-state index contributed by atoms with van der Waals surface area (Å²) in [4.78, 5) is 29.0. The lowest BCUT2D eigenvalue weighted by atomic mass is 10.0. The second kappa shape index (κ2) is 7.71. The lowest BCUT2D eigenvalue weighted by Crippen LogP contribution is -2.59. The van der Waals surface area contributed by atoms with Crippen LogP contribution in [0.15, 0.2) is 34.8 Å². The lowest BCUT2D eigenvalue weighted by Gasteiger charge is -2.46. The molecule has 0 aliphatic carbocycles. The number of benzene rings is 2. The zero-order valence-corrected chi connectivity index (χ0v) is 18.4. The standard InChI is InChI=1S/C22H24BrN3O3/c1-4-19(27)24-18-9-8-13(2)21(29-3)20(18)25-10-14(11-25)26-12-16-15(22(26)28)6-5-7-17(16)23/h5-9,14H,4,10-12H2,1-3H3,(H,24,27). The van der Waals surface area contributed by atoms with Crippen LogP contribution in [-0.4, -0.2) is 43.0 Å². The molecule has 2 aromatic rings. The molecule has 0 spiro atoms. The maximum absolute atomic E-state index is 12.9. The van der Waals surface area contributed by atoms with E-state index in [1.165, 1.54) is 0 Å². The van der Waals surface area contributed by atoms with Crippen LogP contribution in [0.3, 0.4) is 0 Å². The van der Waals surface area contributed by atoms with Gasteiger partial charge >= 0.3 is 0 Å². The van der Waals surface area contributed by atoms with Gasteiger partial charge in [-0.3, -0.25) is 9.59 Å². The van der Waals surface area contributed by atoms with Crippen LogP contribution in [0, 0.1) is 6.92 Å². The first-order valence-corrected chi connectivity index (χ1v) is 10.5. The first-order chi connectivity index (χ1) is 13.9. The average Bonchev–Trinajstić information content (AvgIpc) is 3.00. The minimum absolute atomic E-state index is 0.0377. The van der Waals surface area contributed by atoms with Crippen molar-refractivity contribution in [3.05, 3.63) is 51.5 Å². The van der Waals surface area contributed by atoms with E-state index < -0.39 is 0 Å². The topological polar surface area (TPSA) is 61.9 Å². The van der Waals surface area contributed by atoms with E-state index in [4.69, 9.17) is 4.74 Å². The van der Waals surface area contributed by atoms with Crippen molar-refractivity contribution in [3.63, 3.8) is 0 Å². The van der Waals surface area contributed by atoms with Gasteiger partial charge in [0.2, 0.25) is 5.91 Å². The maximum Gasteiger partial charge on any atom is 0.254 e. The highest BCUT2D eigenvalue weighted by molar-refractivity contribution is 9.10. The number of ether oxygens (including phenoxy) is 1. The molecule has 0 atom stereocenters. The zero-order valence-electron chi connectivity index (χ0n) is 16.8. The van der Waals surface area contributed by atoms with Crippen molar-refractivity contribution in [2.45, 2.75) is 32.9 Å². The van der Waals surface area contributed by atoms with Crippen molar-refractivity contribution in [1.29, 1.82) is 0 Å². The van der Waals surface area contributed by atoms with Crippen molar-refractivity contribution in [2.75, 3.05) is 30.4 Å². The Hall–Kier alpha value is -2.54. The van der Waals surface area contributed by atoms with E-state index in [0.29, 0.717) is 26.1 Å². The molecule has 1 N–H and O–H groups in total. The van der Waals surface area contributed by atoms with Gasteiger partial charge in [-0.25, -0.2) is 0 Å². The van der Waals surface area contributed by atoms with E-state index >= 15 is 0 Å². The Balaban J connectivity index is 1.56. The van der Waals surface area contributed by atoms with Crippen LogP contribution in [0.5, 0.6) is 5.75 Å². The molecule has 0 unspecified atom stereocenters. The normalized spacial score (nSPS) is 15.9. The van der Waals surface area contributed by atoms with Gasteiger partial charge in [0.25, 0.3) is 5.91 Å². The predicted octanol–water partition coefficient (Wildman–Crippen LogP) is 3.96. The van der Waals surface area contributed by atoms with Crippen molar-refractivity contribution in [3.8, 4) is 5.75 Å². The molecule has 6 nitrogen and oxygen atoms in total. The Morgan fingerprint density at radius 1 is 1.28 bits per heavy atom. The number of amides is 2. The van der Waals surface area contributed by atoms with Crippen molar-refractivity contribution in [1.82, 2.24) is 4.90 Å². The molecule has 1 fully saturated rings. The molecule has 1 saturated heterocycles. The van der Waals surface area contributed by atoms with Gasteiger partial charge in [0.05, 0.1) is 18.8 Å². The third-order valence-corrected chi connectivity index (χ3v) is 6.43. The van der Waals surface area contributed by atoms with Crippen molar-refractivity contribution < 1.29 is 14.3 Å². The largest absolute Gasteiger partial charge is 0.494 e. The van der Waals surface area contributed by atoms with E-state index in [2.05, 4.69) is 26.1 Å². The number of hydrogen-bond acceptors (Lipinski definition) is 4. The molecule has 2 aliphatic rings. The fourth-order valence-electron chi connectivity index (χ4n) is 4.03. The summed E-state index contributed by atoms with van der Waals surface area (Å²) in [5.41, 5.74) is 4.48. The highest BCUT2D eigenvalue weighted by atomic mass is 79.9. The first kappa shape index (κ1) is 19.8. The number of hydrogen-bond donors (Lipinski definition) is 1. The molecule has 2 aromatic carbocycles. The zero-order chi connectivity index (χ0) is 20.7. The second-order valence-electron chi connectivity index (χ2n) is 7.47. The summed E-state index contributed by atoms with van der Waals surface area (Å²) >= 11 is 3.56. The number of halogens is 1. The fraction of sp³-hybridized carbons (Fsp3) is 0.364. The van der Waals surface area contributed by atoms with E-state index in [1.807, 2.05) is 49.1 Å². The Bertz CT molecular complexity index is 986. The number of methoxy groups -OCH3 is 1. The Morgan fingerprint density at radius 2 is 2.03 bits per heavy atom. The SMILES string of the molecule is CCC(=O)Nc1ccc(C)c(OC)c1N1CC(N2Cc3c(Br)cccc3C2=O)C1. The molecule has 0 aromatic heterocycles. The van der Waals surface area contributed by atoms with E-state index in [9.17, 15) is 9.59 Å². The maximum atomic E-state index is 12.9. The van der Waals surface area contributed by atoms with Gasteiger partial charge in [-0.1, -0.05) is 35.0 Å². The summed E-state index contributed by atoms with van der Waals surface area (Å²) in [5.74, 6) is 0.807. The van der Waals surface area contributed by atoms with Gasteiger partial charge in [-0.15, -0.1) is 0 Å². The summed E-state index contributed by atoms with van der Waals surface area (Å²) in [6.45, 7) is 5.84. The predicted molar refractivity (Wildman–Crippen MR) is 117 cm³/mol. The summed E-state index contributed by atoms with van der Waals surface area (Å²) in [7, 11) is 1.65. The van der Waals surface area contributed by atoms with Crippen molar-refractivity contribution >= 4 is 39.1 Å². The summed E-state index contributed by atoms with van der Waals surface area (Å²) in [6, 6.07) is 9.76. The minimum atomic E-state index is -0.0377. The summed E-state index contributed by atoms with van der Waals surface area (Å²) < 4.78 is 6.64. The van der Waals surface area contributed by atoms with Gasteiger partial charge < -0.3 is 19.9 Å². The van der Waals surface area contributed by atoms with Gasteiger partial charge in [0.1, 0.15) is 11.4 Å². The Labute approximate surface area is 178 Å². The van der Waals surface area contributed by atoms with Crippen LogP contribution in [0.1, 0.15) is 34.8 Å². The minimum Gasteiger partial charge on any atom is -0.494 e. The molecule has 2 amide bonds. The van der Waals surface area contributed by atoms with Crippen LogP contribution in [-0.2, 0) is 11.3 Å². The Morgan fingerprint density at radius 3 is 2.69 bits per heavy atom. The monoisotopic (exact) mass is 457 g/mol. The van der Waals surface area contributed by atoms with Crippen molar-refractivity contribution in [2.24, 2.45) is 0 Å². The van der Waals surface area contributed by atoms with Crippen LogP contribution >= 0.6 is 15.9 Å². The Kier molecular flexibility index (Phi) is 5.25. The summed E-state index contributed by atoms with van der Waals surface area (Å²) in [6.07, 6.45) is 0.410. The number of fused-ring (bicyclic) bond motifs is 1. The molecule has 7 heteroatoms. The molecule has 2 aliphatic heterocycles. The van der Waals surface area contributed by atoms with E-state index in [1.54, 1.807) is 7.11 Å². The smallest absolute Gasteiger partial charge is 0.254 e. The molecule has 29 heavy (non-hydrogen) atoms. The van der Waals surface area contributed by atoms with Crippen LogP contribution < -0.4 is 15.0 Å². The molecular formula is C22H24BrN3O3. The number of anilines is 2. The molecule has 0 saturated carbocycles. The third kappa shape index (κ3) is 3.37. The molecule has 152 valence electrons. The molecular weight excluding hydrogens is 434 g/mol. The van der Waals surface area contributed by atoms with Crippen LogP contribution in [0.25, 0.3) is 0 Å². The van der Waals surface area contributed by atoms with E-state index in [0.717, 1.165) is 38.3 Å². The quantitative estimate of drug-likeness (QED) is 0.737. The number of carbonyl (C=O) groups excluding carboxylic acids is 2. The third-order valence-electron chi connectivity index (χ3n) is 5.69. The molecule has 4 rings (SSSR count). The highest BCUT2D eigenvalue weighted by Gasteiger charge is 2.41. The molecule has 2 heterocycles. The second-order valence-corrected chi connectivity index (χ2v) is 8.33.